The third-order valence-corrected chi connectivity index (χ3v) is 4.85. The highest BCUT2D eigenvalue weighted by molar-refractivity contribution is 5.37. The summed E-state index contributed by atoms with van der Waals surface area (Å²) in [6.45, 7) is 0. The molecule has 1 aromatic rings. The Hall–Kier alpha value is -1.53. The van der Waals surface area contributed by atoms with Gasteiger partial charge in [0.05, 0.1) is 19.1 Å². The van der Waals surface area contributed by atoms with Crippen LogP contribution < -0.4 is 10.1 Å². The van der Waals surface area contributed by atoms with Crippen molar-refractivity contribution >= 4 is 0 Å². The number of rotatable bonds is 4. The van der Waals surface area contributed by atoms with Gasteiger partial charge in [0.2, 0.25) is 0 Å². The molecule has 20 heavy (non-hydrogen) atoms. The summed E-state index contributed by atoms with van der Waals surface area (Å²) in [4.78, 5) is 0. The number of methoxy groups -OCH3 is 1. The van der Waals surface area contributed by atoms with Gasteiger partial charge < -0.3 is 10.1 Å². The van der Waals surface area contributed by atoms with Gasteiger partial charge in [-0.25, -0.2) is 0 Å². The first kappa shape index (κ1) is 13.5. The van der Waals surface area contributed by atoms with Crippen molar-refractivity contribution in [3.05, 3.63) is 29.8 Å². The number of nitrogens with zero attached hydrogens (tertiary/aromatic N) is 1. The average molecular weight is 270 g/mol. The maximum Gasteiger partial charge on any atom is 0.122 e. The van der Waals surface area contributed by atoms with Crippen molar-refractivity contribution in [1.29, 1.82) is 5.26 Å². The Bertz CT molecular complexity index is 502. The molecule has 3 rings (SSSR count). The van der Waals surface area contributed by atoms with Crippen molar-refractivity contribution in [3.63, 3.8) is 0 Å². The van der Waals surface area contributed by atoms with E-state index in [0.29, 0.717) is 18.0 Å². The van der Waals surface area contributed by atoms with Gasteiger partial charge in [-0.05, 0) is 43.2 Å². The van der Waals surface area contributed by atoms with Crippen LogP contribution in [0.5, 0.6) is 5.75 Å². The largest absolute Gasteiger partial charge is 0.496 e. The van der Waals surface area contributed by atoms with Crippen molar-refractivity contribution in [3.8, 4) is 11.8 Å². The summed E-state index contributed by atoms with van der Waals surface area (Å²) in [5, 5.41) is 12.8. The van der Waals surface area contributed by atoms with Crippen molar-refractivity contribution in [1.82, 2.24) is 5.32 Å². The molecule has 0 spiro atoms. The minimum atomic E-state index is 0.223. The van der Waals surface area contributed by atoms with E-state index in [0.717, 1.165) is 31.4 Å². The van der Waals surface area contributed by atoms with Gasteiger partial charge in [0, 0.05) is 12.1 Å². The topological polar surface area (TPSA) is 45.0 Å². The molecule has 0 aliphatic heterocycles. The highest BCUT2D eigenvalue weighted by Crippen LogP contribution is 2.41. The molecule has 0 saturated heterocycles. The molecule has 2 saturated carbocycles. The van der Waals surface area contributed by atoms with Crippen LogP contribution in [-0.4, -0.2) is 19.2 Å². The number of hydrogen-bond acceptors (Lipinski definition) is 3. The molecule has 1 aromatic carbocycles. The molecule has 0 bridgehead atoms. The van der Waals surface area contributed by atoms with Crippen LogP contribution in [0.2, 0.25) is 0 Å². The van der Waals surface area contributed by atoms with E-state index in [2.05, 4.69) is 23.5 Å². The van der Waals surface area contributed by atoms with Gasteiger partial charge in [-0.3, -0.25) is 0 Å². The van der Waals surface area contributed by atoms with E-state index in [9.17, 15) is 0 Å². The molecule has 2 fully saturated rings. The first-order valence-corrected chi connectivity index (χ1v) is 7.60. The standard InChI is InChI=1S/C17H22N2O/c1-20-17-8-3-2-6-15(17)13-9-14(10-13)19-16-7-4-5-12(16)11-18/h2-3,6,8,12-14,16,19H,4-5,7,9-10H2,1H3. The summed E-state index contributed by atoms with van der Waals surface area (Å²) >= 11 is 0. The summed E-state index contributed by atoms with van der Waals surface area (Å²) in [6, 6.07) is 11.8. The molecule has 3 heteroatoms. The Labute approximate surface area is 120 Å². The van der Waals surface area contributed by atoms with E-state index < -0.39 is 0 Å². The third kappa shape index (κ3) is 2.53. The molecule has 2 atom stereocenters. The molecule has 0 amide bonds. The Morgan fingerprint density at radius 3 is 2.80 bits per heavy atom. The lowest BCUT2D eigenvalue weighted by molar-refractivity contribution is 0.250. The van der Waals surface area contributed by atoms with E-state index in [4.69, 9.17) is 10.00 Å². The number of nitrogens with one attached hydrogen (secondary N) is 1. The molecule has 2 unspecified atom stereocenters. The minimum absolute atomic E-state index is 0.223. The van der Waals surface area contributed by atoms with E-state index >= 15 is 0 Å². The average Bonchev–Trinajstić information content (AvgIpc) is 2.89. The summed E-state index contributed by atoms with van der Waals surface area (Å²) in [5.74, 6) is 1.83. The third-order valence-electron chi connectivity index (χ3n) is 4.85. The van der Waals surface area contributed by atoms with E-state index in [1.807, 2.05) is 12.1 Å². The monoisotopic (exact) mass is 270 g/mol. The second kappa shape index (κ2) is 5.85. The summed E-state index contributed by atoms with van der Waals surface area (Å²) in [7, 11) is 1.74. The Morgan fingerprint density at radius 1 is 1.25 bits per heavy atom. The lowest BCUT2D eigenvalue weighted by Gasteiger charge is -2.39. The molecule has 0 aromatic heterocycles. The normalized spacial score (nSPS) is 32.4. The number of para-hydroxylation sites is 1. The van der Waals surface area contributed by atoms with Crippen molar-refractivity contribution in [2.75, 3.05) is 7.11 Å². The molecular weight excluding hydrogens is 248 g/mol. The fraction of sp³-hybridized carbons (Fsp3) is 0.588. The number of nitriles is 1. The quantitative estimate of drug-likeness (QED) is 0.913. The van der Waals surface area contributed by atoms with Crippen LogP contribution in [0.15, 0.2) is 24.3 Å². The molecule has 3 nitrogen and oxygen atoms in total. The summed E-state index contributed by atoms with van der Waals surface area (Å²) in [5.41, 5.74) is 1.33. The van der Waals surface area contributed by atoms with Crippen LogP contribution in [0.25, 0.3) is 0 Å². The predicted molar refractivity (Wildman–Crippen MR) is 78.6 cm³/mol. The molecular formula is C17H22N2O. The van der Waals surface area contributed by atoms with Crippen LogP contribution in [0.3, 0.4) is 0 Å². The molecule has 106 valence electrons. The molecule has 0 radical (unpaired) electrons. The lowest BCUT2D eigenvalue weighted by atomic mass is 9.75. The van der Waals surface area contributed by atoms with Crippen LogP contribution in [-0.2, 0) is 0 Å². The highest BCUT2D eigenvalue weighted by atomic mass is 16.5. The smallest absolute Gasteiger partial charge is 0.122 e. The fourth-order valence-electron chi connectivity index (χ4n) is 3.63. The second-order valence-electron chi connectivity index (χ2n) is 6.05. The first-order chi connectivity index (χ1) is 9.81. The van der Waals surface area contributed by atoms with Gasteiger partial charge in [0.1, 0.15) is 5.75 Å². The Balaban J connectivity index is 1.55. The first-order valence-electron chi connectivity index (χ1n) is 7.60. The van der Waals surface area contributed by atoms with Gasteiger partial charge in [0.25, 0.3) is 0 Å². The summed E-state index contributed by atoms with van der Waals surface area (Å²) < 4.78 is 5.44. The number of benzene rings is 1. The second-order valence-corrected chi connectivity index (χ2v) is 6.05. The highest BCUT2D eigenvalue weighted by Gasteiger charge is 2.36. The van der Waals surface area contributed by atoms with Crippen LogP contribution in [0.1, 0.15) is 43.6 Å². The lowest BCUT2D eigenvalue weighted by Crippen LogP contribution is -2.46. The molecule has 2 aliphatic rings. The zero-order valence-electron chi connectivity index (χ0n) is 12.0. The molecule has 0 heterocycles. The number of hydrogen-bond donors (Lipinski definition) is 1. The molecule has 1 N–H and O–H groups in total. The molecule has 2 aliphatic carbocycles. The maximum atomic E-state index is 9.13. The van der Waals surface area contributed by atoms with E-state index in [-0.39, 0.29) is 5.92 Å². The zero-order chi connectivity index (χ0) is 13.9. The minimum Gasteiger partial charge on any atom is -0.496 e. The SMILES string of the molecule is COc1ccccc1C1CC(NC2CCCC2C#N)C1. The van der Waals surface area contributed by atoms with Crippen molar-refractivity contribution < 1.29 is 4.74 Å². The van der Waals surface area contributed by atoms with Crippen molar-refractivity contribution in [2.45, 2.75) is 50.1 Å². The van der Waals surface area contributed by atoms with Crippen LogP contribution >= 0.6 is 0 Å². The zero-order valence-corrected chi connectivity index (χ0v) is 12.0. The Kier molecular flexibility index (Phi) is 3.93. The van der Waals surface area contributed by atoms with E-state index in [1.165, 1.54) is 12.0 Å². The maximum absolute atomic E-state index is 9.13. The fourth-order valence-corrected chi connectivity index (χ4v) is 3.63. The van der Waals surface area contributed by atoms with Crippen LogP contribution in [0.4, 0.5) is 0 Å². The summed E-state index contributed by atoms with van der Waals surface area (Å²) in [6.07, 6.45) is 5.74. The van der Waals surface area contributed by atoms with Gasteiger partial charge >= 0.3 is 0 Å². The van der Waals surface area contributed by atoms with Gasteiger partial charge in [0.15, 0.2) is 0 Å². The van der Waals surface area contributed by atoms with Crippen LogP contribution in [0, 0.1) is 17.2 Å². The predicted octanol–water partition coefficient (Wildman–Crippen LogP) is 3.22. The van der Waals surface area contributed by atoms with E-state index in [1.54, 1.807) is 7.11 Å². The van der Waals surface area contributed by atoms with Crippen molar-refractivity contribution in [2.24, 2.45) is 5.92 Å². The van der Waals surface area contributed by atoms with Gasteiger partial charge in [-0.2, -0.15) is 5.26 Å². The van der Waals surface area contributed by atoms with Gasteiger partial charge in [-0.15, -0.1) is 0 Å². The Morgan fingerprint density at radius 2 is 2.05 bits per heavy atom. The number of ether oxygens (including phenoxy) is 1. The van der Waals surface area contributed by atoms with Gasteiger partial charge in [-0.1, -0.05) is 24.6 Å².